The summed E-state index contributed by atoms with van der Waals surface area (Å²) >= 11 is 0. The Kier molecular flexibility index (Phi) is 4.38. The van der Waals surface area contributed by atoms with Crippen LogP contribution in [-0.4, -0.2) is 10.9 Å². The molecule has 124 valence electrons. The highest BCUT2D eigenvalue weighted by Gasteiger charge is 2.11. The summed E-state index contributed by atoms with van der Waals surface area (Å²) in [5.41, 5.74) is 5.52. The molecule has 0 radical (unpaired) electrons. The zero-order valence-electron chi connectivity index (χ0n) is 14.5. The van der Waals surface area contributed by atoms with Crippen molar-refractivity contribution >= 4 is 22.7 Å². The summed E-state index contributed by atoms with van der Waals surface area (Å²) in [6.45, 7) is 8.16. The quantitative estimate of drug-likeness (QED) is 0.727. The predicted molar refractivity (Wildman–Crippen MR) is 97.0 cm³/mol. The van der Waals surface area contributed by atoms with E-state index in [0.717, 1.165) is 16.8 Å². The van der Waals surface area contributed by atoms with Crippen molar-refractivity contribution in [2.24, 2.45) is 5.92 Å². The number of oxazole rings is 1. The molecule has 0 aliphatic carbocycles. The van der Waals surface area contributed by atoms with Gasteiger partial charge in [-0.1, -0.05) is 31.0 Å². The smallest absolute Gasteiger partial charge is 0.227 e. The third-order valence-corrected chi connectivity index (χ3v) is 3.73. The molecule has 1 N–H and O–H groups in total. The molecule has 4 nitrogen and oxygen atoms in total. The SMILES string of the molecule is Cc1cc(C)cc(-c2nc3cc(NC(=O)CC(C)C)ccc3o2)c1. The van der Waals surface area contributed by atoms with E-state index in [4.69, 9.17) is 4.42 Å². The average Bonchev–Trinajstić information content (AvgIpc) is 2.88. The fraction of sp³-hybridized carbons (Fsp3) is 0.300. The first kappa shape index (κ1) is 16.2. The van der Waals surface area contributed by atoms with Crippen molar-refractivity contribution in [1.82, 2.24) is 4.98 Å². The van der Waals surface area contributed by atoms with Gasteiger partial charge in [-0.15, -0.1) is 0 Å². The van der Waals surface area contributed by atoms with Crippen molar-refractivity contribution in [2.45, 2.75) is 34.1 Å². The summed E-state index contributed by atoms with van der Waals surface area (Å²) < 4.78 is 5.86. The molecule has 2 aromatic carbocycles. The second kappa shape index (κ2) is 6.48. The first-order valence-corrected chi connectivity index (χ1v) is 8.20. The molecule has 0 bridgehead atoms. The maximum Gasteiger partial charge on any atom is 0.227 e. The molecule has 0 aliphatic rings. The number of aromatic nitrogens is 1. The summed E-state index contributed by atoms with van der Waals surface area (Å²) in [4.78, 5) is 16.5. The summed E-state index contributed by atoms with van der Waals surface area (Å²) in [5, 5.41) is 2.91. The first-order chi connectivity index (χ1) is 11.4. The number of fused-ring (bicyclic) bond motifs is 1. The van der Waals surface area contributed by atoms with Gasteiger partial charge in [0.05, 0.1) is 0 Å². The lowest BCUT2D eigenvalue weighted by molar-refractivity contribution is -0.116. The van der Waals surface area contributed by atoms with E-state index in [0.29, 0.717) is 23.8 Å². The van der Waals surface area contributed by atoms with Gasteiger partial charge in [0, 0.05) is 17.7 Å². The Morgan fingerprint density at radius 2 is 1.83 bits per heavy atom. The van der Waals surface area contributed by atoms with Crippen molar-refractivity contribution in [1.29, 1.82) is 0 Å². The van der Waals surface area contributed by atoms with Crippen LogP contribution in [0.4, 0.5) is 5.69 Å². The van der Waals surface area contributed by atoms with Crippen LogP contribution in [0, 0.1) is 19.8 Å². The molecule has 24 heavy (non-hydrogen) atoms. The molecular weight excluding hydrogens is 300 g/mol. The molecule has 3 rings (SSSR count). The molecule has 0 saturated carbocycles. The minimum atomic E-state index is 0.0161. The number of aryl methyl sites for hydroxylation is 2. The van der Waals surface area contributed by atoms with Gasteiger partial charge in [-0.05, 0) is 50.1 Å². The van der Waals surface area contributed by atoms with Crippen LogP contribution in [0.1, 0.15) is 31.4 Å². The molecule has 3 aromatic rings. The van der Waals surface area contributed by atoms with E-state index in [9.17, 15) is 4.79 Å². The monoisotopic (exact) mass is 322 g/mol. The number of hydrogen-bond acceptors (Lipinski definition) is 3. The normalized spacial score (nSPS) is 11.2. The number of carbonyl (C=O) groups excluding carboxylic acids is 1. The second-order valence-corrected chi connectivity index (χ2v) is 6.72. The van der Waals surface area contributed by atoms with E-state index >= 15 is 0 Å². The summed E-state index contributed by atoms with van der Waals surface area (Å²) in [6.07, 6.45) is 0.505. The van der Waals surface area contributed by atoms with E-state index < -0.39 is 0 Å². The van der Waals surface area contributed by atoms with Crippen molar-refractivity contribution in [3.05, 3.63) is 47.5 Å². The Balaban J connectivity index is 1.90. The van der Waals surface area contributed by atoms with E-state index in [1.165, 1.54) is 11.1 Å². The second-order valence-electron chi connectivity index (χ2n) is 6.72. The number of nitrogens with one attached hydrogen (secondary N) is 1. The fourth-order valence-electron chi connectivity index (χ4n) is 2.81. The molecule has 1 heterocycles. The molecule has 0 atom stereocenters. The zero-order valence-corrected chi connectivity index (χ0v) is 14.5. The molecule has 0 fully saturated rings. The molecule has 4 heteroatoms. The topological polar surface area (TPSA) is 55.1 Å². The highest BCUT2D eigenvalue weighted by atomic mass is 16.3. The summed E-state index contributed by atoms with van der Waals surface area (Å²) in [6, 6.07) is 11.8. The zero-order chi connectivity index (χ0) is 17.3. The first-order valence-electron chi connectivity index (χ1n) is 8.20. The van der Waals surface area contributed by atoms with Crippen molar-refractivity contribution in [2.75, 3.05) is 5.32 Å². The van der Waals surface area contributed by atoms with Crippen molar-refractivity contribution in [3.63, 3.8) is 0 Å². The van der Waals surface area contributed by atoms with Gasteiger partial charge < -0.3 is 9.73 Å². The van der Waals surface area contributed by atoms with Gasteiger partial charge in [0.25, 0.3) is 0 Å². The summed E-state index contributed by atoms with van der Waals surface area (Å²) in [7, 11) is 0. The fourth-order valence-corrected chi connectivity index (χ4v) is 2.81. The van der Waals surface area contributed by atoms with Crippen LogP contribution in [0.15, 0.2) is 40.8 Å². The van der Waals surface area contributed by atoms with E-state index in [1.54, 1.807) is 0 Å². The lowest BCUT2D eigenvalue weighted by Crippen LogP contribution is -2.13. The number of nitrogens with zero attached hydrogens (tertiary/aromatic N) is 1. The van der Waals surface area contributed by atoms with Gasteiger partial charge in [0.1, 0.15) is 5.52 Å². The van der Waals surface area contributed by atoms with Crippen LogP contribution in [0.25, 0.3) is 22.6 Å². The Labute approximate surface area is 141 Å². The molecular formula is C20H22N2O2. The minimum Gasteiger partial charge on any atom is -0.436 e. The lowest BCUT2D eigenvalue weighted by atomic mass is 10.1. The van der Waals surface area contributed by atoms with Gasteiger partial charge in [-0.3, -0.25) is 4.79 Å². The average molecular weight is 322 g/mol. The van der Waals surface area contributed by atoms with Crippen LogP contribution < -0.4 is 5.32 Å². The molecule has 0 aliphatic heterocycles. The molecule has 0 saturated heterocycles. The largest absolute Gasteiger partial charge is 0.436 e. The maximum atomic E-state index is 11.9. The Hall–Kier alpha value is -2.62. The summed E-state index contributed by atoms with van der Waals surface area (Å²) in [5.74, 6) is 0.946. The van der Waals surface area contributed by atoms with Crippen LogP contribution in [0.3, 0.4) is 0 Å². The van der Waals surface area contributed by atoms with E-state index in [-0.39, 0.29) is 5.91 Å². The van der Waals surface area contributed by atoms with E-state index in [1.807, 2.05) is 32.0 Å². The van der Waals surface area contributed by atoms with Gasteiger partial charge in [-0.2, -0.15) is 0 Å². The number of amides is 1. The molecule has 0 unspecified atom stereocenters. The molecule has 0 spiro atoms. The highest BCUT2D eigenvalue weighted by molar-refractivity contribution is 5.93. The molecule has 1 aromatic heterocycles. The van der Waals surface area contributed by atoms with Gasteiger partial charge in [0.15, 0.2) is 5.58 Å². The van der Waals surface area contributed by atoms with Gasteiger partial charge in [0.2, 0.25) is 11.8 Å². The number of hydrogen-bond donors (Lipinski definition) is 1. The Bertz CT molecular complexity index is 874. The third kappa shape index (κ3) is 3.65. The van der Waals surface area contributed by atoms with Gasteiger partial charge in [-0.25, -0.2) is 4.98 Å². The lowest BCUT2D eigenvalue weighted by Gasteiger charge is -2.06. The minimum absolute atomic E-state index is 0.0161. The van der Waals surface area contributed by atoms with Crippen molar-refractivity contribution in [3.8, 4) is 11.5 Å². The Morgan fingerprint density at radius 1 is 1.12 bits per heavy atom. The van der Waals surface area contributed by atoms with Crippen LogP contribution >= 0.6 is 0 Å². The number of benzene rings is 2. The maximum absolute atomic E-state index is 11.9. The Morgan fingerprint density at radius 3 is 2.50 bits per heavy atom. The van der Waals surface area contributed by atoms with Gasteiger partial charge >= 0.3 is 0 Å². The predicted octanol–water partition coefficient (Wildman–Crippen LogP) is 5.10. The number of carbonyl (C=O) groups is 1. The number of anilines is 1. The highest BCUT2D eigenvalue weighted by Crippen LogP contribution is 2.27. The number of rotatable bonds is 4. The van der Waals surface area contributed by atoms with Crippen LogP contribution in [0.2, 0.25) is 0 Å². The standard InChI is InChI=1S/C20H22N2O2/c1-12(2)7-19(23)21-16-5-6-18-17(11-16)22-20(24-18)15-9-13(3)8-14(4)10-15/h5-6,8-12H,7H2,1-4H3,(H,21,23). The molecule has 1 amide bonds. The van der Waals surface area contributed by atoms with Crippen LogP contribution in [-0.2, 0) is 4.79 Å². The third-order valence-electron chi connectivity index (χ3n) is 3.73. The van der Waals surface area contributed by atoms with Crippen molar-refractivity contribution < 1.29 is 9.21 Å². The van der Waals surface area contributed by atoms with Crippen LogP contribution in [0.5, 0.6) is 0 Å². The van der Waals surface area contributed by atoms with E-state index in [2.05, 4.69) is 42.3 Å².